The summed E-state index contributed by atoms with van der Waals surface area (Å²) < 4.78 is 5.20. The van der Waals surface area contributed by atoms with Crippen molar-refractivity contribution >= 4 is 24.0 Å². The number of aliphatic imine (C=N–C) groups is 2. The average molecular weight is 285 g/mol. The molecule has 2 rings (SSSR count). The average Bonchev–Trinajstić information content (AvgIpc) is 2.49. The van der Waals surface area contributed by atoms with E-state index in [0.29, 0.717) is 34.0 Å². The van der Waals surface area contributed by atoms with Crippen molar-refractivity contribution < 1.29 is 9.53 Å². The Morgan fingerprint density at radius 3 is 2.52 bits per heavy atom. The molecule has 0 saturated carbocycles. The Morgan fingerprint density at radius 2 is 2.00 bits per heavy atom. The van der Waals surface area contributed by atoms with Gasteiger partial charge >= 0.3 is 0 Å². The molecule has 0 spiro atoms. The Morgan fingerprint density at radius 1 is 1.33 bits per heavy atom. The first kappa shape index (κ1) is 15.0. The van der Waals surface area contributed by atoms with Crippen LogP contribution < -0.4 is 10.5 Å². The van der Waals surface area contributed by atoms with Crippen LogP contribution in [0.1, 0.15) is 29.8 Å². The Balaban J connectivity index is 2.86. The van der Waals surface area contributed by atoms with Crippen LogP contribution in [0.2, 0.25) is 0 Å². The van der Waals surface area contributed by atoms with Gasteiger partial charge in [0.2, 0.25) is 0 Å². The van der Waals surface area contributed by atoms with E-state index in [2.05, 4.69) is 16.7 Å². The monoisotopic (exact) mass is 285 g/mol. The summed E-state index contributed by atoms with van der Waals surface area (Å²) >= 11 is 0. The number of amidine groups is 1. The molecular formula is C16H19N3O2. The topological polar surface area (TPSA) is 77.0 Å². The number of methoxy groups -OCH3 is 1. The van der Waals surface area contributed by atoms with E-state index in [9.17, 15) is 4.79 Å². The van der Waals surface area contributed by atoms with Crippen LogP contribution >= 0.6 is 0 Å². The van der Waals surface area contributed by atoms with Gasteiger partial charge in [0.15, 0.2) is 5.78 Å². The van der Waals surface area contributed by atoms with Gasteiger partial charge in [-0.05, 0) is 38.8 Å². The molecule has 1 aromatic carbocycles. The Kier molecular flexibility index (Phi) is 3.68. The van der Waals surface area contributed by atoms with Crippen LogP contribution in [-0.2, 0) is 0 Å². The zero-order valence-corrected chi connectivity index (χ0v) is 12.7. The third-order valence-electron chi connectivity index (χ3n) is 3.81. The molecule has 110 valence electrons. The van der Waals surface area contributed by atoms with E-state index in [1.54, 1.807) is 32.4 Å². The number of fused-ring (bicyclic) bond motifs is 1. The first-order chi connectivity index (χ1) is 9.88. The lowest BCUT2D eigenvalue weighted by atomic mass is 9.70. The fraction of sp³-hybridized carbons (Fsp3) is 0.312. The maximum absolute atomic E-state index is 12.8. The van der Waals surface area contributed by atoms with E-state index in [1.807, 2.05) is 13.8 Å². The lowest BCUT2D eigenvalue weighted by Gasteiger charge is -2.33. The molecule has 0 radical (unpaired) electrons. The molecule has 0 atom stereocenters. The second-order valence-electron chi connectivity index (χ2n) is 5.36. The zero-order valence-electron chi connectivity index (χ0n) is 12.7. The third kappa shape index (κ3) is 2.14. The standard InChI is InChI=1S/C16H19N3O2/c1-16(2)12(15(17)19-4)13(18-3)10-7-6-9(21-5)8-11(10)14(16)20/h6-8H,3H2,1-2,4-5H3,(H2,17,19). The number of hydrogen-bond acceptors (Lipinski definition) is 4. The second kappa shape index (κ2) is 5.16. The van der Waals surface area contributed by atoms with Crippen LogP contribution in [0, 0.1) is 5.41 Å². The quantitative estimate of drug-likeness (QED) is 0.684. The lowest BCUT2D eigenvalue weighted by molar-refractivity contribution is 0.0876. The van der Waals surface area contributed by atoms with Crippen molar-refractivity contribution in [2.24, 2.45) is 21.1 Å². The summed E-state index contributed by atoms with van der Waals surface area (Å²) in [6.07, 6.45) is 0. The fourth-order valence-electron chi connectivity index (χ4n) is 2.64. The number of ether oxygens (including phenoxy) is 1. The molecule has 5 heteroatoms. The highest BCUT2D eigenvalue weighted by Gasteiger charge is 2.42. The van der Waals surface area contributed by atoms with Gasteiger partial charge in [-0.25, -0.2) is 0 Å². The summed E-state index contributed by atoms with van der Waals surface area (Å²) in [6, 6.07) is 5.31. The highest BCUT2D eigenvalue weighted by molar-refractivity contribution is 6.19. The normalized spacial score (nSPS) is 17.5. The van der Waals surface area contributed by atoms with Gasteiger partial charge in [-0.15, -0.1) is 0 Å². The highest BCUT2D eigenvalue weighted by Crippen LogP contribution is 2.43. The molecule has 1 aliphatic rings. The van der Waals surface area contributed by atoms with Crippen molar-refractivity contribution in [2.45, 2.75) is 13.8 Å². The molecule has 1 aliphatic carbocycles. The van der Waals surface area contributed by atoms with Crippen LogP contribution in [0.4, 0.5) is 0 Å². The largest absolute Gasteiger partial charge is 0.497 e. The molecule has 2 N–H and O–H groups in total. The molecule has 21 heavy (non-hydrogen) atoms. The molecule has 0 unspecified atom stereocenters. The number of nitrogens with zero attached hydrogens (tertiary/aromatic N) is 2. The second-order valence-corrected chi connectivity index (χ2v) is 5.36. The summed E-state index contributed by atoms with van der Waals surface area (Å²) in [6.45, 7) is 7.25. The summed E-state index contributed by atoms with van der Waals surface area (Å²) in [5.74, 6) is 0.893. The number of nitrogens with two attached hydrogens (primary N) is 1. The van der Waals surface area contributed by atoms with Gasteiger partial charge < -0.3 is 10.5 Å². The highest BCUT2D eigenvalue weighted by atomic mass is 16.5. The van der Waals surface area contributed by atoms with Crippen molar-refractivity contribution in [3.05, 3.63) is 34.9 Å². The third-order valence-corrected chi connectivity index (χ3v) is 3.81. The molecule has 0 saturated heterocycles. The molecule has 5 nitrogen and oxygen atoms in total. The van der Waals surface area contributed by atoms with Crippen LogP contribution in [0.5, 0.6) is 5.75 Å². The van der Waals surface area contributed by atoms with Gasteiger partial charge in [-0.3, -0.25) is 14.8 Å². The lowest BCUT2D eigenvalue weighted by Crippen LogP contribution is -2.38. The molecule has 0 fully saturated rings. The van der Waals surface area contributed by atoms with Crippen LogP contribution in [0.25, 0.3) is 5.70 Å². The Bertz CT molecular complexity index is 685. The fourth-order valence-corrected chi connectivity index (χ4v) is 2.64. The number of carbonyl (C=O) groups excluding carboxylic acids is 1. The van der Waals surface area contributed by atoms with Crippen molar-refractivity contribution in [1.82, 2.24) is 0 Å². The van der Waals surface area contributed by atoms with Crippen molar-refractivity contribution in [2.75, 3.05) is 14.2 Å². The minimum Gasteiger partial charge on any atom is -0.497 e. The van der Waals surface area contributed by atoms with Crippen LogP contribution in [0.15, 0.2) is 33.8 Å². The first-order valence-electron chi connectivity index (χ1n) is 6.55. The molecule has 0 bridgehead atoms. The summed E-state index contributed by atoms with van der Waals surface area (Å²) in [5.41, 5.74) is 7.65. The van der Waals surface area contributed by atoms with Crippen molar-refractivity contribution in [3.8, 4) is 5.75 Å². The summed E-state index contributed by atoms with van der Waals surface area (Å²) in [5, 5.41) is 0. The zero-order chi connectivity index (χ0) is 15.8. The minimum atomic E-state index is -0.820. The van der Waals surface area contributed by atoms with E-state index >= 15 is 0 Å². The number of benzene rings is 1. The predicted octanol–water partition coefficient (Wildman–Crippen LogP) is 2.32. The molecule has 0 aromatic heterocycles. The molecular weight excluding hydrogens is 266 g/mol. The van der Waals surface area contributed by atoms with E-state index in [0.717, 1.165) is 0 Å². The SMILES string of the molecule is C=NC1=C(C(N)=NC)C(C)(C)C(=O)c2cc(OC)ccc21. The van der Waals surface area contributed by atoms with Gasteiger partial charge in [0.25, 0.3) is 0 Å². The Hall–Kier alpha value is -2.43. The van der Waals surface area contributed by atoms with Gasteiger partial charge in [0.1, 0.15) is 11.6 Å². The summed E-state index contributed by atoms with van der Waals surface area (Å²) in [7, 11) is 3.16. The summed E-state index contributed by atoms with van der Waals surface area (Å²) in [4.78, 5) is 21.0. The minimum absolute atomic E-state index is 0.0367. The maximum Gasteiger partial charge on any atom is 0.173 e. The first-order valence-corrected chi connectivity index (χ1v) is 6.55. The van der Waals surface area contributed by atoms with E-state index in [4.69, 9.17) is 10.5 Å². The van der Waals surface area contributed by atoms with Gasteiger partial charge in [-0.2, -0.15) is 0 Å². The molecule has 0 amide bonds. The van der Waals surface area contributed by atoms with E-state index in [1.165, 1.54) is 0 Å². The number of rotatable bonds is 3. The van der Waals surface area contributed by atoms with Crippen LogP contribution in [-0.4, -0.2) is 32.5 Å². The molecule has 1 aromatic rings. The molecule has 0 heterocycles. The van der Waals surface area contributed by atoms with Crippen molar-refractivity contribution in [3.63, 3.8) is 0 Å². The van der Waals surface area contributed by atoms with Crippen molar-refractivity contribution in [1.29, 1.82) is 0 Å². The van der Waals surface area contributed by atoms with Gasteiger partial charge in [0, 0.05) is 23.7 Å². The maximum atomic E-state index is 12.8. The van der Waals surface area contributed by atoms with Gasteiger partial charge in [0.05, 0.1) is 18.2 Å². The van der Waals surface area contributed by atoms with Crippen LogP contribution in [0.3, 0.4) is 0 Å². The van der Waals surface area contributed by atoms with E-state index < -0.39 is 5.41 Å². The smallest absolute Gasteiger partial charge is 0.173 e. The number of ketones is 1. The molecule has 0 aliphatic heterocycles. The van der Waals surface area contributed by atoms with E-state index in [-0.39, 0.29) is 5.78 Å². The number of hydrogen-bond donors (Lipinski definition) is 1. The predicted molar refractivity (Wildman–Crippen MR) is 85.1 cm³/mol. The van der Waals surface area contributed by atoms with Gasteiger partial charge in [-0.1, -0.05) is 0 Å². The Labute approximate surface area is 124 Å². The number of carbonyl (C=O) groups is 1. The number of Topliss-reactive ketones (excluding diaryl/α,β-unsaturated/α-hetero) is 1.